The van der Waals surface area contributed by atoms with Crippen molar-refractivity contribution in [3.8, 4) is 0 Å². The van der Waals surface area contributed by atoms with Gasteiger partial charge >= 0.3 is 0 Å². The highest BCUT2D eigenvalue weighted by atomic mass is 16.2. The highest BCUT2D eigenvalue weighted by Gasteiger charge is 2.50. The maximum atomic E-state index is 11.8. The number of carbonyl (C=O) groups excluding carboxylic acids is 2. The molecule has 2 atom stereocenters. The third-order valence-electron chi connectivity index (χ3n) is 3.34. The van der Waals surface area contributed by atoms with Crippen LogP contribution >= 0.6 is 0 Å². The molecule has 1 saturated heterocycles. The van der Waals surface area contributed by atoms with Crippen molar-refractivity contribution in [1.29, 1.82) is 0 Å². The Bertz CT molecular complexity index is 413. The molecule has 2 rings (SSSR count). The fourth-order valence-corrected chi connectivity index (χ4v) is 1.97. The predicted octanol–water partition coefficient (Wildman–Crippen LogP) is 1.24. The lowest BCUT2D eigenvalue weighted by Crippen LogP contribution is -2.35. The normalized spacial score (nSPS) is 30.4. The molecule has 3 nitrogen and oxygen atoms in total. The van der Waals surface area contributed by atoms with Gasteiger partial charge in [0.25, 0.3) is 0 Å². The molecule has 1 N–H and O–H groups in total. The quantitative estimate of drug-likeness (QED) is 0.698. The summed E-state index contributed by atoms with van der Waals surface area (Å²) in [6, 6.07) is 9.42. The summed E-state index contributed by atoms with van der Waals surface area (Å²) in [6.45, 7) is 3.60. The summed E-state index contributed by atoms with van der Waals surface area (Å²) in [5, 5.41) is 2.38. The molecule has 0 spiro atoms. The van der Waals surface area contributed by atoms with Crippen molar-refractivity contribution in [3.63, 3.8) is 0 Å². The van der Waals surface area contributed by atoms with E-state index in [4.69, 9.17) is 0 Å². The Balaban J connectivity index is 2.51. The van der Waals surface area contributed by atoms with Crippen molar-refractivity contribution in [2.75, 3.05) is 0 Å². The molecule has 0 radical (unpaired) electrons. The Morgan fingerprint density at radius 1 is 1.20 bits per heavy atom. The van der Waals surface area contributed by atoms with Crippen LogP contribution in [-0.2, 0) is 15.0 Å². The maximum absolute atomic E-state index is 11.8. The van der Waals surface area contributed by atoms with Crippen LogP contribution in [-0.4, -0.2) is 11.8 Å². The zero-order valence-corrected chi connectivity index (χ0v) is 8.78. The number of carbonyl (C=O) groups is 2. The van der Waals surface area contributed by atoms with Gasteiger partial charge in [0, 0.05) is 0 Å². The number of imide groups is 1. The minimum atomic E-state index is -0.724. The van der Waals surface area contributed by atoms with Gasteiger partial charge in [0.05, 0.1) is 11.3 Å². The fourth-order valence-electron chi connectivity index (χ4n) is 1.97. The number of hydrogen-bond donors (Lipinski definition) is 1. The van der Waals surface area contributed by atoms with Crippen LogP contribution in [0.1, 0.15) is 19.4 Å². The minimum Gasteiger partial charge on any atom is -0.295 e. The molecule has 0 unspecified atom stereocenters. The van der Waals surface area contributed by atoms with Crippen LogP contribution < -0.4 is 5.32 Å². The molecule has 2 amide bonds. The van der Waals surface area contributed by atoms with E-state index in [9.17, 15) is 9.59 Å². The summed E-state index contributed by atoms with van der Waals surface area (Å²) < 4.78 is 0. The van der Waals surface area contributed by atoms with Crippen molar-refractivity contribution in [1.82, 2.24) is 5.32 Å². The van der Waals surface area contributed by atoms with Crippen molar-refractivity contribution >= 4 is 11.8 Å². The predicted molar refractivity (Wildman–Crippen MR) is 56.1 cm³/mol. The first-order chi connectivity index (χ1) is 7.06. The van der Waals surface area contributed by atoms with Crippen LogP contribution in [0, 0.1) is 5.92 Å². The van der Waals surface area contributed by atoms with Crippen molar-refractivity contribution in [3.05, 3.63) is 35.9 Å². The summed E-state index contributed by atoms with van der Waals surface area (Å²) in [4.78, 5) is 23.2. The lowest BCUT2D eigenvalue weighted by Gasteiger charge is -2.24. The molecule has 1 aliphatic heterocycles. The topological polar surface area (TPSA) is 46.2 Å². The molecular weight excluding hydrogens is 190 g/mol. The standard InChI is InChI=1S/C12H13NO2/c1-8-10(14)13-11(15)12(8,2)9-6-4-3-5-7-9/h3-8H,1-2H3,(H,13,14,15)/t8-,12+/m1/s1. The average molecular weight is 203 g/mol. The number of rotatable bonds is 1. The van der Waals surface area contributed by atoms with Crippen LogP contribution in [0.2, 0.25) is 0 Å². The summed E-state index contributed by atoms with van der Waals surface area (Å²) in [6.07, 6.45) is 0. The van der Waals surface area contributed by atoms with Gasteiger partial charge in [-0.05, 0) is 12.5 Å². The van der Waals surface area contributed by atoms with Gasteiger partial charge in [-0.1, -0.05) is 37.3 Å². The molecule has 3 heteroatoms. The van der Waals surface area contributed by atoms with Gasteiger partial charge in [-0.25, -0.2) is 0 Å². The second-order valence-electron chi connectivity index (χ2n) is 4.11. The molecule has 15 heavy (non-hydrogen) atoms. The van der Waals surface area contributed by atoms with Gasteiger partial charge < -0.3 is 0 Å². The molecule has 0 aliphatic carbocycles. The SMILES string of the molecule is C[C@@H]1C(=O)NC(=O)[C@]1(C)c1ccccc1. The van der Waals surface area contributed by atoms with Gasteiger partial charge in [-0.3, -0.25) is 14.9 Å². The number of nitrogens with one attached hydrogen (secondary N) is 1. The first kappa shape index (κ1) is 9.90. The van der Waals surface area contributed by atoms with Crippen molar-refractivity contribution in [2.24, 2.45) is 5.92 Å². The molecule has 78 valence electrons. The van der Waals surface area contributed by atoms with E-state index in [0.717, 1.165) is 5.56 Å². The number of benzene rings is 1. The Hall–Kier alpha value is -1.64. The Kier molecular flexibility index (Phi) is 2.11. The second-order valence-corrected chi connectivity index (χ2v) is 4.11. The Labute approximate surface area is 88.5 Å². The van der Waals surface area contributed by atoms with E-state index in [2.05, 4.69) is 5.32 Å². The van der Waals surface area contributed by atoms with E-state index >= 15 is 0 Å². The van der Waals surface area contributed by atoms with E-state index in [-0.39, 0.29) is 17.7 Å². The fraction of sp³-hybridized carbons (Fsp3) is 0.333. The lowest BCUT2D eigenvalue weighted by atomic mass is 9.74. The molecule has 0 saturated carbocycles. The van der Waals surface area contributed by atoms with Crippen LogP contribution in [0.3, 0.4) is 0 Å². The smallest absolute Gasteiger partial charge is 0.237 e. The molecule has 0 aromatic heterocycles. The summed E-state index contributed by atoms with van der Waals surface area (Å²) in [7, 11) is 0. The first-order valence-corrected chi connectivity index (χ1v) is 4.97. The second kappa shape index (κ2) is 3.19. The van der Waals surface area contributed by atoms with Crippen LogP contribution in [0.4, 0.5) is 0 Å². The minimum absolute atomic E-state index is 0.189. The van der Waals surface area contributed by atoms with E-state index in [1.54, 1.807) is 6.92 Å². The van der Waals surface area contributed by atoms with Crippen molar-refractivity contribution in [2.45, 2.75) is 19.3 Å². The van der Waals surface area contributed by atoms with Gasteiger partial charge in [-0.2, -0.15) is 0 Å². The summed E-state index contributed by atoms with van der Waals surface area (Å²) in [5.41, 5.74) is 0.166. The zero-order chi connectivity index (χ0) is 11.1. The van der Waals surface area contributed by atoms with E-state index in [1.807, 2.05) is 37.3 Å². The van der Waals surface area contributed by atoms with Gasteiger partial charge in [0.2, 0.25) is 11.8 Å². The van der Waals surface area contributed by atoms with Crippen molar-refractivity contribution < 1.29 is 9.59 Å². The maximum Gasteiger partial charge on any atom is 0.237 e. The van der Waals surface area contributed by atoms with Gasteiger partial charge in [0.15, 0.2) is 0 Å². The highest BCUT2D eigenvalue weighted by molar-refractivity contribution is 6.10. The largest absolute Gasteiger partial charge is 0.295 e. The van der Waals surface area contributed by atoms with E-state index < -0.39 is 5.41 Å². The first-order valence-electron chi connectivity index (χ1n) is 4.97. The third-order valence-corrected chi connectivity index (χ3v) is 3.34. The Morgan fingerprint density at radius 3 is 2.27 bits per heavy atom. The van der Waals surface area contributed by atoms with Crippen LogP contribution in [0.15, 0.2) is 30.3 Å². The van der Waals surface area contributed by atoms with Crippen LogP contribution in [0.5, 0.6) is 0 Å². The highest BCUT2D eigenvalue weighted by Crippen LogP contribution is 2.36. The third kappa shape index (κ3) is 1.27. The number of hydrogen-bond acceptors (Lipinski definition) is 2. The monoisotopic (exact) mass is 203 g/mol. The molecule has 1 heterocycles. The lowest BCUT2D eigenvalue weighted by molar-refractivity contribution is -0.126. The molecule has 1 fully saturated rings. The summed E-state index contributed by atoms with van der Waals surface area (Å²) >= 11 is 0. The molecule has 0 bridgehead atoms. The van der Waals surface area contributed by atoms with E-state index in [1.165, 1.54) is 0 Å². The summed E-state index contributed by atoms with van der Waals surface area (Å²) in [5.74, 6) is -0.704. The van der Waals surface area contributed by atoms with Crippen LogP contribution in [0.25, 0.3) is 0 Å². The van der Waals surface area contributed by atoms with Gasteiger partial charge in [0.1, 0.15) is 0 Å². The number of amides is 2. The van der Waals surface area contributed by atoms with Gasteiger partial charge in [-0.15, -0.1) is 0 Å². The zero-order valence-electron chi connectivity index (χ0n) is 8.78. The average Bonchev–Trinajstić information content (AvgIpc) is 2.45. The molecule has 1 aromatic carbocycles. The molecule has 1 aliphatic rings. The Morgan fingerprint density at radius 2 is 1.80 bits per heavy atom. The molecule has 1 aromatic rings. The molecular formula is C12H13NO2. The van der Waals surface area contributed by atoms with E-state index in [0.29, 0.717) is 0 Å².